The summed E-state index contributed by atoms with van der Waals surface area (Å²) in [6.07, 6.45) is 0. The molecule has 4 nitrogen and oxygen atoms in total. The van der Waals surface area contributed by atoms with E-state index >= 15 is 0 Å². The SMILES string of the molecule is COC(=O)C(C)(O)COc1cccc(Cl)c1F. The van der Waals surface area contributed by atoms with Crippen LogP contribution < -0.4 is 4.74 Å². The number of halogens is 2. The van der Waals surface area contributed by atoms with Crippen LogP contribution in [0.1, 0.15) is 6.92 Å². The molecule has 0 saturated carbocycles. The van der Waals surface area contributed by atoms with Gasteiger partial charge in [-0.1, -0.05) is 17.7 Å². The first kappa shape index (κ1) is 13.7. The first-order valence-electron chi connectivity index (χ1n) is 4.76. The number of rotatable bonds is 4. The fraction of sp³-hybridized carbons (Fsp3) is 0.364. The Morgan fingerprint density at radius 1 is 1.59 bits per heavy atom. The predicted octanol–water partition coefficient (Wildman–Crippen LogP) is 1.78. The second-order valence-electron chi connectivity index (χ2n) is 3.61. The molecule has 0 spiro atoms. The van der Waals surface area contributed by atoms with E-state index in [4.69, 9.17) is 16.3 Å². The molecular weight excluding hydrogens is 251 g/mol. The Labute approximate surface area is 103 Å². The highest BCUT2D eigenvalue weighted by atomic mass is 35.5. The van der Waals surface area contributed by atoms with Gasteiger partial charge in [0.1, 0.15) is 6.61 Å². The van der Waals surface area contributed by atoms with E-state index in [1.807, 2.05) is 0 Å². The first-order valence-corrected chi connectivity index (χ1v) is 5.14. The van der Waals surface area contributed by atoms with Crippen LogP contribution in [0.2, 0.25) is 5.02 Å². The maximum absolute atomic E-state index is 13.4. The van der Waals surface area contributed by atoms with Gasteiger partial charge in [-0.2, -0.15) is 0 Å². The van der Waals surface area contributed by atoms with Gasteiger partial charge < -0.3 is 14.6 Å². The van der Waals surface area contributed by atoms with E-state index in [-0.39, 0.29) is 10.8 Å². The molecule has 0 aliphatic carbocycles. The molecule has 0 fully saturated rings. The van der Waals surface area contributed by atoms with Crippen molar-refractivity contribution in [3.63, 3.8) is 0 Å². The van der Waals surface area contributed by atoms with E-state index in [1.165, 1.54) is 25.1 Å². The molecule has 0 heterocycles. The van der Waals surface area contributed by atoms with Gasteiger partial charge in [0, 0.05) is 0 Å². The molecule has 1 rings (SSSR count). The minimum absolute atomic E-state index is 0.0970. The molecule has 1 aromatic carbocycles. The fourth-order valence-electron chi connectivity index (χ4n) is 1.09. The second-order valence-corrected chi connectivity index (χ2v) is 4.01. The maximum Gasteiger partial charge on any atom is 0.341 e. The summed E-state index contributed by atoms with van der Waals surface area (Å²) in [6, 6.07) is 4.20. The van der Waals surface area contributed by atoms with Crippen molar-refractivity contribution >= 4 is 17.6 Å². The van der Waals surface area contributed by atoms with E-state index < -0.39 is 24.0 Å². The summed E-state index contributed by atoms with van der Waals surface area (Å²) in [7, 11) is 1.14. The third-order valence-electron chi connectivity index (χ3n) is 2.05. The molecule has 0 aliphatic heterocycles. The van der Waals surface area contributed by atoms with E-state index in [9.17, 15) is 14.3 Å². The van der Waals surface area contributed by atoms with Gasteiger partial charge >= 0.3 is 5.97 Å². The van der Waals surface area contributed by atoms with E-state index in [2.05, 4.69) is 4.74 Å². The molecule has 0 saturated heterocycles. The van der Waals surface area contributed by atoms with Gasteiger partial charge in [0.05, 0.1) is 12.1 Å². The Balaban J connectivity index is 2.74. The molecule has 1 N–H and O–H groups in total. The predicted molar refractivity (Wildman–Crippen MR) is 59.5 cm³/mol. The van der Waals surface area contributed by atoms with Crippen molar-refractivity contribution in [3.8, 4) is 5.75 Å². The minimum atomic E-state index is -1.84. The van der Waals surface area contributed by atoms with Gasteiger partial charge in [-0.25, -0.2) is 9.18 Å². The van der Waals surface area contributed by atoms with Crippen LogP contribution in [0.4, 0.5) is 4.39 Å². The number of hydrogen-bond acceptors (Lipinski definition) is 4. The zero-order chi connectivity index (χ0) is 13.1. The first-order chi connectivity index (χ1) is 7.88. The molecule has 0 amide bonds. The van der Waals surface area contributed by atoms with Gasteiger partial charge in [0.2, 0.25) is 0 Å². The van der Waals surface area contributed by atoms with Crippen LogP contribution in [0.5, 0.6) is 5.75 Å². The number of benzene rings is 1. The summed E-state index contributed by atoms with van der Waals surface area (Å²) in [6.45, 7) is 0.776. The zero-order valence-electron chi connectivity index (χ0n) is 9.37. The summed E-state index contributed by atoms with van der Waals surface area (Å²) in [4.78, 5) is 11.1. The number of esters is 1. The zero-order valence-corrected chi connectivity index (χ0v) is 10.1. The van der Waals surface area contributed by atoms with Crippen molar-refractivity contribution in [2.24, 2.45) is 0 Å². The van der Waals surface area contributed by atoms with Crippen LogP contribution in [0.15, 0.2) is 18.2 Å². The summed E-state index contributed by atoms with van der Waals surface area (Å²) in [5.74, 6) is -1.74. The molecule has 0 radical (unpaired) electrons. The molecule has 0 aliphatic rings. The lowest BCUT2D eigenvalue weighted by Crippen LogP contribution is -2.42. The topological polar surface area (TPSA) is 55.8 Å². The van der Waals surface area contributed by atoms with Crippen LogP contribution in [0.25, 0.3) is 0 Å². The van der Waals surface area contributed by atoms with Crippen molar-refractivity contribution in [1.29, 1.82) is 0 Å². The molecule has 0 bridgehead atoms. The molecule has 0 aromatic heterocycles. The van der Waals surface area contributed by atoms with Crippen LogP contribution in [0, 0.1) is 5.82 Å². The average Bonchev–Trinajstić information content (AvgIpc) is 2.30. The van der Waals surface area contributed by atoms with Crippen molar-refractivity contribution < 1.29 is 23.8 Å². The van der Waals surface area contributed by atoms with Crippen molar-refractivity contribution in [3.05, 3.63) is 29.0 Å². The third-order valence-corrected chi connectivity index (χ3v) is 2.34. The Kier molecular flexibility index (Phi) is 4.31. The molecule has 1 atom stereocenters. The lowest BCUT2D eigenvalue weighted by molar-refractivity contribution is -0.163. The summed E-state index contributed by atoms with van der Waals surface area (Å²) in [5, 5.41) is 9.55. The normalized spacial score (nSPS) is 13.9. The highest BCUT2D eigenvalue weighted by Gasteiger charge is 2.32. The van der Waals surface area contributed by atoms with Gasteiger partial charge in [-0.15, -0.1) is 0 Å². The molecule has 1 unspecified atom stereocenters. The quantitative estimate of drug-likeness (QED) is 0.841. The number of hydrogen-bond donors (Lipinski definition) is 1. The Hall–Kier alpha value is -1.33. The van der Waals surface area contributed by atoms with Gasteiger partial charge in [0.15, 0.2) is 17.2 Å². The van der Waals surface area contributed by atoms with Gasteiger partial charge in [0.25, 0.3) is 0 Å². The number of methoxy groups -OCH3 is 1. The van der Waals surface area contributed by atoms with Gasteiger partial charge in [-0.3, -0.25) is 0 Å². The average molecular weight is 263 g/mol. The smallest absolute Gasteiger partial charge is 0.341 e. The van der Waals surface area contributed by atoms with Gasteiger partial charge in [-0.05, 0) is 19.1 Å². The third kappa shape index (κ3) is 3.31. The number of aliphatic hydroxyl groups is 1. The number of carbonyl (C=O) groups is 1. The van der Waals surface area contributed by atoms with Crippen LogP contribution in [-0.2, 0) is 9.53 Å². The fourth-order valence-corrected chi connectivity index (χ4v) is 1.26. The molecule has 94 valence electrons. The molecule has 1 aromatic rings. The summed E-state index contributed by atoms with van der Waals surface area (Å²) < 4.78 is 22.8. The highest BCUT2D eigenvalue weighted by molar-refractivity contribution is 6.30. The number of carbonyl (C=O) groups excluding carboxylic acids is 1. The molecular formula is C11H12ClFO4. The lowest BCUT2D eigenvalue weighted by Gasteiger charge is -2.20. The van der Waals surface area contributed by atoms with Crippen molar-refractivity contribution in [1.82, 2.24) is 0 Å². The van der Waals surface area contributed by atoms with Crippen molar-refractivity contribution in [2.75, 3.05) is 13.7 Å². The largest absolute Gasteiger partial charge is 0.487 e. The van der Waals surface area contributed by atoms with E-state index in [1.54, 1.807) is 0 Å². The highest BCUT2D eigenvalue weighted by Crippen LogP contribution is 2.24. The monoisotopic (exact) mass is 262 g/mol. The maximum atomic E-state index is 13.4. The standard InChI is InChI=1S/C11H12ClFO4/c1-11(15,10(14)16-2)6-17-8-5-3-4-7(12)9(8)13/h3-5,15H,6H2,1-2H3. The van der Waals surface area contributed by atoms with E-state index in [0.717, 1.165) is 7.11 Å². The van der Waals surface area contributed by atoms with E-state index in [0.29, 0.717) is 0 Å². The lowest BCUT2D eigenvalue weighted by atomic mass is 10.1. The Bertz CT molecular complexity index is 420. The number of ether oxygens (including phenoxy) is 2. The molecule has 17 heavy (non-hydrogen) atoms. The Morgan fingerprint density at radius 2 is 2.24 bits per heavy atom. The summed E-state index contributed by atoms with van der Waals surface area (Å²) in [5.41, 5.74) is -1.84. The van der Waals surface area contributed by atoms with Crippen LogP contribution >= 0.6 is 11.6 Å². The second kappa shape index (κ2) is 5.33. The van der Waals surface area contributed by atoms with Crippen LogP contribution in [0.3, 0.4) is 0 Å². The van der Waals surface area contributed by atoms with Crippen LogP contribution in [-0.4, -0.2) is 30.4 Å². The van der Waals surface area contributed by atoms with Crippen molar-refractivity contribution in [2.45, 2.75) is 12.5 Å². The summed E-state index contributed by atoms with van der Waals surface area (Å²) >= 11 is 5.54. The minimum Gasteiger partial charge on any atom is -0.487 e. The Morgan fingerprint density at radius 3 is 2.82 bits per heavy atom. The molecule has 6 heteroatoms.